The van der Waals surface area contributed by atoms with Crippen molar-refractivity contribution in [2.45, 2.75) is 45.9 Å². The minimum absolute atomic E-state index is 0.250. The Balaban J connectivity index is 2.34. The van der Waals surface area contributed by atoms with Crippen LogP contribution in [0.25, 0.3) is 0 Å². The molecule has 0 saturated carbocycles. The van der Waals surface area contributed by atoms with Gasteiger partial charge >= 0.3 is 0 Å². The van der Waals surface area contributed by atoms with Crippen molar-refractivity contribution in [1.29, 1.82) is 0 Å². The summed E-state index contributed by atoms with van der Waals surface area (Å²) in [4.78, 5) is 4.18. The van der Waals surface area contributed by atoms with Crippen molar-refractivity contribution in [3.05, 3.63) is 12.2 Å². The maximum Gasteiger partial charge on any atom is 0.141 e. The lowest BCUT2D eigenvalue weighted by molar-refractivity contribution is 0.183. The van der Waals surface area contributed by atoms with E-state index in [9.17, 15) is 0 Å². The van der Waals surface area contributed by atoms with E-state index in [4.69, 9.17) is 5.11 Å². The lowest BCUT2D eigenvalue weighted by atomic mass is 10.3. The van der Waals surface area contributed by atoms with Gasteiger partial charge in [-0.15, -0.1) is 0 Å². The van der Waals surface area contributed by atoms with Gasteiger partial charge in [-0.05, 0) is 33.7 Å². The number of aromatic nitrogens is 3. The lowest BCUT2D eigenvalue weighted by Crippen LogP contribution is -2.21. The molecule has 0 aliphatic carbocycles. The predicted octanol–water partition coefficient (Wildman–Crippen LogP) is 0.719. The fraction of sp³-hybridized carbons (Fsp3) is 0.800. The zero-order valence-electron chi connectivity index (χ0n) is 9.64. The third kappa shape index (κ3) is 3.97. The molecule has 2 N–H and O–H groups in total. The quantitative estimate of drug-likeness (QED) is 0.682. The molecule has 1 atom stereocenters. The Kier molecular flexibility index (Phi) is 4.71. The second-order valence-electron chi connectivity index (χ2n) is 4.03. The number of aliphatic hydroxyl groups excluding tert-OH is 1. The fourth-order valence-corrected chi connectivity index (χ4v) is 1.34. The molecule has 0 fully saturated rings. The van der Waals surface area contributed by atoms with Crippen LogP contribution in [0.4, 0.5) is 0 Å². The van der Waals surface area contributed by atoms with Gasteiger partial charge in [0.05, 0.1) is 12.6 Å². The molecule has 0 bridgehead atoms. The summed E-state index contributed by atoms with van der Waals surface area (Å²) in [6.45, 7) is 7.44. The Labute approximate surface area is 90.5 Å². The number of nitrogens with one attached hydrogen (secondary N) is 1. The average Bonchev–Trinajstić information content (AvgIpc) is 2.60. The molecule has 1 aromatic rings. The Bertz CT molecular complexity index is 283. The first-order valence-electron chi connectivity index (χ1n) is 5.38. The second kappa shape index (κ2) is 5.82. The normalized spacial score (nSPS) is 13.4. The first kappa shape index (κ1) is 12.1. The summed E-state index contributed by atoms with van der Waals surface area (Å²) in [6.07, 6.45) is 2.09. The van der Waals surface area contributed by atoms with Crippen molar-refractivity contribution in [1.82, 2.24) is 20.1 Å². The number of hydrogen-bond acceptors (Lipinski definition) is 4. The molecule has 0 radical (unpaired) electrons. The second-order valence-corrected chi connectivity index (χ2v) is 4.03. The van der Waals surface area contributed by atoms with Crippen molar-refractivity contribution < 1.29 is 5.11 Å². The van der Waals surface area contributed by atoms with Crippen LogP contribution in [0.3, 0.4) is 0 Å². The van der Waals surface area contributed by atoms with Gasteiger partial charge in [0.15, 0.2) is 0 Å². The molecular weight excluding hydrogens is 192 g/mol. The van der Waals surface area contributed by atoms with E-state index in [1.165, 1.54) is 0 Å². The Hall–Kier alpha value is -0.940. The van der Waals surface area contributed by atoms with Crippen molar-refractivity contribution in [2.75, 3.05) is 6.54 Å². The molecule has 1 unspecified atom stereocenters. The summed E-state index contributed by atoms with van der Waals surface area (Å²) < 4.78 is 1.90. The van der Waals surface area contributed by atoms with Crippen LogP contribution >= 0.6 is 0 Å². The smallest absolute Gasteiger partial charge is 0.141 e. The summed E-state index contributed by atoms with van der Waals surface area (Å²) in [5, 5.41) is 16.5. The molecule has 15 heavy (non-hydrogen) atoms. The Morgan fingerprint density at radius 3 is 2.80 bits per heavy atom. The van der Waals surface area contributed by atoms with Crippen LogP contribution in [0.15, 0.2) is 6.33 Å². The number of nitrogens with zero attached hydrogens (tertiary/aromatic N) is 3. The molecule has 0 spiro atoms. The molecule has 5 heteroatoms. The summed E-state index contributed by atoms with van der Waals surface area (Å²) in [5.74, 6) is 0.940. The van der Waals surface area contributed by atoms with Crippen LogP contribution in [0.2, 0.25) is 0 Å². The van der Waals surface area contributed by atoms with Crippen molar-refractivity contribution in [2.24, 2.45) is 0 Å². The zero-order valence-corrected chi connectivity index (χ0v) is 9.64. The van der Waals surface area contributed by atoms with E-state index in [0.29, 0.717) is 12.6 Å². The summed E-state index contributed by atoms with van der Waals surface area (Å²) in [7, 11) is 0. The van der Waals surface area contributed by atoms with Gasteiger partial charge in [-0.25, -0.2) is 9.67 Å². The van der Waals surface area contributed by atoms with Gasteiger partial charge in [0.25, 0.3) is 0 Å². The highest BCUT2D eigenvalue weighted by Gasteiger charge is 2.06. The van der Waals surface area contributed by atoms with E-state index in [0.717, 1.165) is 18.8 Å². The van der Waals surface area contributed by atoms with Crippen molar-refractivity contribution in [3.8, 4) is 0 Å². The maximum absolute atomic E-state index is 9.08. The van der Waals surface area contributed by atoms with Gasteiger partial charge in [0.2, 0.25) is 0 Å². The summed E-state index contributed by atoms with van der Waals surface area (Å²) >= 11 is 0. The number of hydrogen-bond donors (Lipinski definition) is 2. The molecule has 0 aromatic carbocycles. The van der Waals surface area contributed by atoms with Crippen LogP contribution in [-0.4, -0.2) is 32.5 Å². The minimum Gasteiger partial charge on any atom is -0.393 e. The van der Waals surface area contributed by atoms with E-state index in [1.807, 2.05) is 4.68 Å². The zero-order chi connectivity index (χ0) is 11.3. The van der Waals surface area contributed by atoms with E-state index in [2.05, 4.69) is 29.2 Å². The molecule has 1 heterocycles. The van der Waals surface area contributed by atoms with E-state index >= 15 is 0 Å². The van der Waals surface area contributed by atoms with Crippen LogP contribution in [0.5, 0.6) is 0 Å². The van der Waals surface area contributed by atoms with Crippen LogP contribution in [0.1, 0.15) is 39.1 Å². The van der Waals surface area contributed by atoms with Crippen molar-refractivity contribution in [3.63, 3.8) is 0 Å². The summed E-state index contributed by atoms with van der Waals surface area (Å²) in [6, 6.07) is 0.334. The van der Waals surface area contributed by atoms with Crippen molar-refractivity contribution >= 4 is 0 Å². The first-order valence-corrected chi connectivity index (χ1v) is 5.38. The molecular formula is C10H20N4O. The van der Waals surface area contributed by atoms with Gasteiger partial charge in [0, 0.05) is 6.04 Å². The number of aliphatic hydroxyl groups is 1. The van der Waals surface area contributed by atoms with Crippen LogP contribution < -0.4 is 5.32 Å². The summed E-state index contributed by atoms with van der Waals surface area (Å²) in [5.41, 5.74) is 0. The van der Waals surface area contributed by atoms with Gasteiger partial charge in [0.1, 0.15) is 12.2 Å². The van der Waals surface area contributed by atoms with Gasteiger partial charge in [-0.2, -0.15) is 5.10 Å². The maximum atomic E-state index is 9.08. The fourth-order valence-electron chi connectivity index (χ4n) is 1.34. The first-order chi connectivity index (χ1) is 7.11. The topological polar surface area (TPSA) is 63.0 Å². The van der Waals surface area contributed by atoms with Crippen LogP contribution in [-0.2, 0) is 6.54 Å². The number of rotatable bonds is 6. The van der Waals surface area contributed by atoms with Gasteiger partial charge in [-0.1, -0.05) is 0 Å². The molecule has 1 rings (SSSR count). The monoisotopic (exact) mass is 212 g/mol. The van der Waals surface area contributed by atoms with E-state index in [1.54, 1.807) is 13.3 Å². The van der Waals surface area contributed by atoms with Gasteiger partial charge in [-0.3, -0.25) is 0 Å². The SMILES string of the molecule is CC(O)CCNCc1ncnn1C(C)C. The third-order valence-corrected chi connectivity index (χ3v) is 2.16. The standard InChI is InChI=1S/C10H20N4O/c1-8(2)14-10(12-7-13-14)6-11-5-4-9(3)15/h7-9,11,15H,4-6H2,1-3H3. The Morgan fingerprint density at radius 1 is 1.47 bits per heavy atom. The molecule has 5 nitrogen and oxygen atoms in total. The molecule has 0 aliphatic rings. The highest BCUT2D eigenvalue weighted by Crippen LogP contribution is 2.04. The largest absolute Gasteiger partial charge is 0.393 e. The molecule has 0 saturated heterocycles. The predicted molar refractivity (Wildman–Crippen MR) is 58.4 cm³/mol. The molecule has 0 aliphatic heterocycles. The van der Waals surface area contributed by atoms with E-state index in [-0.39, 0.29) is 6.10 Å². The average molecular weight is 212 g/mol. The minimum atomic E-state index is -0.250. The molecule has 1 aromatic heterocycles. The molecule has 0 amide bonds. The van der Waals surface area contributed by atoms with Gasteiger partial charge < -0.3 is 10.4 Å². The highest BCUT2D eigenvalue weighted by molar-refractivity contribution is 4.85. The molecule has 86 valence electrons. The highest BCUT2D eigenvalue weighted by atomic mass is 16.3. The van der Waals surface area contributed by atoms with E-state index < -0.39 is 0 Å². The van der Waals surface area contributed by atoms with Crippen LogP contribution in [0, 0.1) is 0 Å². The lowest BCUT2D eigenvalue weighted by Gasteiger charge is -2.10. The third-order valence-electron chi connectivity index (χ3n) is 2.16. The Morgan fingerprint density at radius 2 is 2.20 bits per heavy atom.